The van der Waals surface area contributed by atoms with Gasteiger partial charge in [0.2, 0.25) is 0 Å². The largest absolute Gasteiger partial charge is 0.497 e. The highest BCUT2D eigenvalue weighted by Crippen LogP contribution is 2.19. The van der Waals surface area contributed by atoms with Gasteiger partial charge in [-0.15, -0.1) is 0 Å². The maximum atomic E-state index is 9.43. The summed E-state index contributed by atoms with van der Waals surface area (Å²) in [5.74, 6) is 1.61. The van der Waals surface area contributed by atoms with Crippen LogP contribution in [0.3, 0.4) is 0 Å². The molecule has 0 spiro atoms. The predicted octanol–water partition coefficient (Wildman–Crippen LogP) is 6.05. The Morgan fingerprint density at radius 3 is 1.81 bits per heavy atom. The Morgan fingerprint density at radius 1 is 0.778 bits per heavy atom. The lowest BCUT2D eigenvalue weighted by molar-refractivity contribution is 0.304. The van der Waals surface area contributed by atoms with Crippen molar-refractivity contribution in [3.8, 4) is 11.5 Å². The molecule has 1 N–H and O–H groups in total. The molecular formula is C23H31NO3. The number of ether oxygens (including phenoxy) is 2. The van der Waals surface area contributed by atoms with E-state index in [2.05, 4.69) is 12.1 Å². The highest BCUT2D eigenvalue weighted by Gasteiger charge is 2.08. The van der Waals surface area contributed by atoms with Crippen molar-refractivity contribution < 1.29 is 14.7 Å². The summed E-state index contributed by atoms with van der Waals surface area (Å²) >= 11 is 0. The summed E-state index contributed by atoms with van der Waals surface area (Å²) in [7, 11) is 1.63. The monoisotopic (exact) mass is 369 g/mol. The van der Waals surface area contributed by atoms with Crippen molar-refractivity contribution in [2.75, 3.05) is 13.7 Å². The first kappa shape index (κ1) is 20.8. The highest BCUT2D eigenvalue weighted by atomic mass is 16.5. The molecule has 0 radical (unpaired) electrons. The molecule has 0 saturated heterocycles. The lowest BCUT2D eigenvalue weighted by Crippen LogP contribution is -2.04. The van der Waals surface area contributed by atoms with Crippen LogP contribution in [0.4, 0.5) is 0 Å². The maximum Gasteiger partial charge on any atom is 0.119 e. The zero-order chi connectivity index (χ0) is 19.3. The van der Waals surface area contributed by atoms with Crippen molar-refractivity contribution in [3.63, 3.8) is 0 Å². The second kappa shape index (κ2) is 12.0. The molecule has 0 fully saturated rings. The van der Waals surface area contributed by atoms with E-state index in [1.807, 2.05) is 48.5 Å². The summed E-state index contributed by atoms with van der Waals surface area (Å²) in [6.07, 6.45) is 8.92. The van der Waals surface area contributed by atoms with E-state index in [1.165, 1.54) is 38.5 Å². The Morgan fingerprint density at radius 2 is 1.30 bits per heavy atom. The highest BCUT2D eigenvalue weighted by molar-refractivity contribution is 6.12. The fourth-order valence-corrected chi connectivity index (χ4v) is 2.99. The van der Waals surface area contributed by atoms with E-state index in [4.69, 9.17) is 9.47 Å². The van der Waals surface area contributed by atoms with Crippen LogP contribution >= 0.6 is 0 Å². The van der Waals surface area contributed by atoms with E-state index in [0.29, 0.717) is 5.71 Å². The van der Waals surface area contributed by atoms with Gasteiger partial charge >= 0.3 is 0 Å². The van der Waals surface area contributed by atoms with E-state index in [0.717, 1.165) is 35.7 Å². The molecule has 0 saturated carbocycles. The summed E-state index contributed by atoms with van der Waals surface area (Å²) < 4.78 is 11.0. The summed E-state index contributed by atoms with van der Waals surface area (Å²) in [5, 5.41) is 12.9. The zero-order valence-corrected chi connectivity index (χ0v) is 16.5. The summed E-state index contributed by atoms with van der Waals surface area (Å²) in [6.45, 7) is 2.98. The normalized spacial score (nSPS) is 11.4. The molecule has 0 aromatic heterocycles. The summed E-state index contributed by atoms with van der Waals surface area (Å²) in [5.41, 5.74) is 2.19. The number of benzene rings is 2. The van der Waals surface area contributed by atoms with Crippen molar-refractivity contribution in [1.29, 1.82) is 0 Å². The third kappa shape index (κ3) is 6.97. The van der Waals surface area contributed by atoms with Crippen LogP contribution in [0.2, 0.25) is 0 Å². The van der Waals surface area contributed by atoms with Crippen LogP contribution in [0.1, 0.15) is 63.0 Å². The molecule has 146 valence electrons. The number of hydrogen-bond acceptors (Lipinski definition) is 4. The van der Waals surface area contributed by atoms with Crippen molar-refractivity contribution >= 4 is 5.71 Å². The first-order chi connectivity index (χ1) is 13.3. The second-order valence-corrected chi connectivity index (χ2v) is 6.67. The number of nitrogens with zero attached hydrogens (tertiary/aromatic N) is 1. The lowest BCUT2D eigenvalue weighted by atomic mass is 10.0. The van der Waals surface area contributed by atoms with Gasteiger partial charge in [0.25, 0.3) is 0 Å². The minimum atomic E-state index is 0.524. The van der Waals surface area contributed by atoms with Gasteiger partial charge in [-0.1, -0.05) is 50.6 Å². The Bertz CT molecular complexity index is 678. The minimum absolute atomic E-state index is 0.524. The average molecular weight is 370 g/mol. The Labute approximate surface area is 162 Å². The van der Waals surface area contributed by atoms with Gasteiger partial charge in [-0.05, 0) is 55.0 Å². The van der Waals surface area contributed by atoms with Gasteiger partial charge in [-0.3, -0.25) is 0 Å². The van der Waals surface area contributed by atoms with Crippen LogP contribution in [0.15, 0.2) is 53.7 Å². The van der Waals surface area contributed by atoms with Gasteiger partial charge in [0.1, 0.15) is 17.2 Å². The smallest absolute Gasteiger partial charge is 0.119 e. The SMILES string of the molecule is CCCCCCCCCOc1ccc(/C(=N\O)c2ccc(OC)cc2)cc1. The minimum Gasteiger partial charge on any atom is -0.497 e. The number of oxime groups is 1. The quantitative estimate of drug-likeness (QED) is 0.214. The molecule has 0 heterocycles. The number of rotatable bonds is 12. The third-order valence-electron chi connectivity index (χ3n) is 4.61. The topological polar surface area (TPSA) is 51.0 Å². The zero-order valence-electron chi connectivity index (χ0n) is 16.5. The van der Waals surface area contributed by atoms with Gasteiger partial charge in [-0.25, -0.2) is 0 Å². The number of hydrogen-bond donors (Lipinski definition) is 1. The molecule has 0 aliphatic carbocycles. The van der Waals surface area contributed by atoms with Crippen molar-refractivity contribution in [1.82, 2.24) is 0 Å². The molecule has 4 nitrogen and oxygen atoms in total. The van der Waals surface area contributed by atoms with Gasteiger partial charge in [0.15, 0.2) is 0 Å². The van der Waals surface area contributed by atoms with E-state index >= 15 is 0 Å². The van der Waals surface area contributed by atoms with Crippen LogP contribution in [0, 0.1) is 0 Å². The molecule has 0 atom stereocenters. The molecule has 0 unspecified atom stereocenters. The number of unbranched alkanes of at least 4 members (excludes halogenated alkanes) is 6. The molecule has 0 aliphatic heterocycles. The van der Waals surface area contributed by atoms with E-state index in [-0.39, 0.29) is 0 Å². The first-order valence-corrected chi connectivity index (χ1v) is 9.88. The molecule has 2 rings (SSSR count). The summed E-state index contributed by atoms with van der Waals surface area (Å²) in [4.78, 5) is 0. The third-order valence-corrected chi connectivity index (χ3v) is 4.61. The molecule has 0 amide bonds. The molecule has 2 aromatic rings. The van der Waals surface area contributed by atoms with E-state index in [9.17, 15) is 5.21 Å². The Balaban J connectivity index is 1.81. The van der Waals surface area contributed by atoms with E-state index < -0.39 is 0 Å². The van der Waals surface area contributed by atoms with Crippen LogP contribution in [-0.2, 0) is 0 Å². The Kier molecular flexibility index (Phi) is 9.25. The van der Waals surface area contributed by atoms with Crippen molar-refractivity contribution in [3.05, 3.63) is 59.7 Å². The summed E-state index contributed by atoms with van der Waals surface area (Å²) in [6, 6.07) is 15.1. The fourth-order valence-electron chi connectivity index (χ4n) is 2.99. The lowest BCUT2D eigenvalue weighted by Gasteiger charge is -2.09. The van der Waals surface area contributed by atoms with Gasteiger partial charge in [-0.2, -0.15) is 0 Å². The number of methoxy groups -OCH3 is 1. The molecule has 4 heteroatoms. The molecule has 0 bridgehead atoms. The molecule has 0 aliphatic rings. The van der Waals surface area contributed by atoms with Gasteiger partial charge in [0, 0.05) is 11.1 Å². The molecule has 2 aromatic carbocycles. The van der Waals surface area contributed by atoms with Gasteiger partial charge < -0.3 is 14.7 Å². The van der Waals surface area contributed by atoms with Crippen LogP contribution in [0.5, 0.6) is 11.5 Å². The van der Waals surface area contributed by atoms with Crippen molar-refractivity contribution in [2.24, 2.45) is 5.16 Å². The molecule has 27 heavy (non-hydrogen) atoms. The van der Waals surface area contributed by atoms with Gasteiger partial charge in [0.05, 0.1) is 13.7 Å². The molecular weight excluding hydrogens is 338 g/mol. The Hall–Kier alpha value is -2.49. The van der Waals surface area contributed by atoms with Crippen molar-refractivity contribution in [2.45, 2.75) is 51.9 Å². The second-order valence-electron chi connectivity index (χ2n) is 6.67. The predicted molar refractivity (Wildman–Crippen MR) is 110 cm³/mol. The van der Waals surface area contributed by atoms with E-state index in [1.54, 1.807) is 7.11 Å². The first-order valence-electron chi connectivity index (χ1n) is 9.88. The maximum absolute atomic E-state index is 9.43. The van der Waals surface area contributed by atoms with Crippen LogP contribution in [0.25, 0.3) is 0 Å². The average Bonchev–Trinajstić information content (AvgIpc) is 2.72. The van der Waals surface area contributed by atoms with Crippen LogP contribution < -0.4 is 9.47 Å². The van der Waals surface area contributed by atoms with Crippen LogP contribution in [-0.4, -0.2) is 24.6 Å². The fraction of sp³-hybridized carbons (Fsp3) is 0.435. The standard InChI is InChI=1S/C23H31NO3/c1-3-4-5-6-7-8-9-18-27-22-16-12-20(13-17-22)23(24-25)19-10-14-21(26-2)15-11-19/h10-17,25H,3-9,18H2,1-2H3/b24-23-.